The van der Waals surface area contributed by atoms with Crippen LogP contribution in [0.15, 0.2) is 36.8 Å². The van der Waals surface area contributed by atoms with Gasteiger partial charge in [0.05, 0.1) is 23.0 Å². The van der Waals surface area contributed by atoms with Gasteiger partial charge in [-0.05, 0) is 39.5 Å². The average Bonchev–Trinajstić information content (AvgIpc) is 3.33. The van der Waals surface area contributed by atoms with E-state index in [1.807, 2.05) is 38.2 Å². The second-order valence-electron chi connectivity index (χ2n) is 8.91. The van der Waals surface area contributed by atoms with Gasteiger partial charge in [0.2, 0.25) is 0 Å². The van der Waals surface area contributed by atoms with Gasteiger partial charge in [0.1, 0.15) is 0 Å². The van der Waals surface area contributed by atoms with Crippen molar-refractivity contribution in [3.63, 3.8) is 0 Å². The molecule has 1 aliphatic rings. The number of anilines is 1. The van der Waals surface area contributed by atoms with E-state index in [4.69, 9.17) is 0 Å². The van der Waals surface area contributed by atoms with Crippen LogP contribution < -0.4 is 10.6 Å². The van der Waals surface area contributed by atoms with Gasteiger partial charge in [0.25, 0.3) is 5.91 Å². The number of aromatic nitrogens is 3. The number of para-hydroxylation sites is 1. The van der Waals surface area contributed by atoms with Gasteiger partial charge in [0, 0.05) is 54.1 Å². The van der Waals surface area contributed by atoms with Crippen LogP contribution in [0.5, 0.6) is 0 Å². The normalized spacial score (nSPS) is 18.3. The summed E-state index contributed by atoms with van der Waals surface area (Å²) in [5.74, 6) is -0.170. The van der Waals surface area contributed by atoms with Gasteiger partial charge in [-0.2, -0.15) is 5.10 Å². The molecule has 9 heteroatoms. The first-order valence-electron chi connectivity index (χ1n) is 11.3. The fourth-order valence-electron chi connectivity index (χ4n) is 4.50. The molecule has 2 aromatic heterocycles. The first-order chi connectivity index (χ1) is 15.8. The Morgan fingerprint density at radius 1 is 1.18 bits per heavy atom. The van der Waals surface area contributed by atoms with Crippen molar-refractivity contribution in [2.75, 3.05) is 12.4 Å². The Labute approximate surface area is 192 Å². The summed E-state index contributed by atoms with van der Waals surface area (Å²) < 4.78 is 0. The topological polar surface area (TPSA) is 123 Å². The number of carbonyl (C=O) groups excluding carboxylic acids is 1. The minimum atomic E-state index is -0.913. The van der Waals surface area contributed by atoms with Crippen molar-refractivity contribution in [1.82, 2.24) is 25.4 Å². The highest BCUT2D eigenvalue weighted by Gasteiger charge is 2.28. The zero-order valence-electron chi connectivity index (χ0n) is 19.1. The number of aromatic amines is 1. The second kappa shape index (κ2) is 9.48. The molecule has 4 N–H and O–H groups in total. The summed E-state index contributed by atoms with van der Waals surface area (Å²) in [5, 5.41) is 23.5. The van der Waals surface area contributed by atoms with Crippen LogP contribution in [0.2, 0.25) is 0 Å². The Morgan fingerprint density at radius 3 is 2.58 bits per heavy atom. The molecule has 9 nitrogen and oxygen atoms in total. The van der Waals surface area contributed by atoms with E-state index in [0.717, 1.165) is 53.4 Å². The highest BCUT2D eigenvalue weighted by Crippen LogP contribution is 2.33. The lowest BCUT2D eigenvalue weighted by molar-refractivity contribution is 0.0902. The Hall–Kier alpha value is -3.62. The van der Waals surface area contributed by atoms with Crippen molar-refractivity contribution in [3.05, 3.63) is 42.4 Å². The number of hydrogen-bond acceptors (Lipinski definition) is 5. The van der Waals surface area contributed by atoms with Crippen molar-refractivity contribution in [2.24, 2.45) is 0 Å². The van der Waals surface area contributed by atoms with E-state index in [0.29, 0.717) is 5.56 Å². The molecule has 2 amide bonds. The Kier molecular flexibility index (Phi) is 6.48. The number of carboxylic acid groups (broad SMARTS) is 1. The summed E-state index contributed by atoms with van der Waals surface area (Å²) in [5.41, 5.74) is 3.95. The molecule has 0 aliphatic heterocycles. The summed E-state index contributed by atoms with van der Waals surface area (Å²) in [4.78, 5) is 30.5. The third-order valence-corrected chi connectivity index (χ3v) is 6.27. The fourth-order valence-corrected chi connectivity index (χ4v) is 4.50. The molecule has 174 valence electrons. The second-order valence-corrected chi connectivity index (χ2v) is 8.91. The highest BCUT2D eigenvalue weighted by molar-refractivity contribution is 6.09. The maximum atomic E-state index is 13.3. The SMILES string of the molecule is CC(C)Nc1c(C(=O)NC2CCC(N(C)C(=O)O)CC2)cnc2c(-c3cn[nH]c3)cccc12. The van der Waals surface area contributed by atoms with Crippen LogP contribution in [0.1, 0.15) is 49.9 Å². The molecule has 3 aromatic rings. The summed E-state index contributed by atoms with van der Waals surface area (Å²) in [6.45, 7) is 4.07. The summed E-state index contributed by atoms with van der Waals surface area (Å²) >= 11 is 0. The Bertz CT molecular complexity index is 1140. The maximum absolute atomic E-state index is 13.3. The number of pyridine rings is 1. The third-order valence-electron chi connectivity index (χ3n) is 6.27. The number of H-pyrrole nitrogens is 1. The van der Waals surface area contributed by atoms with Gasteiger partial charge in [-0.25, -0.2) is 4.79 Å². The molecule has 1 aliphatic carbocycles. The highest BCUT2D eigenvalue weighted by atomic mass is 16.4. The fraction of sp³-hybridized carbons (Fsp3) is 0.417. The van der Waals surface area contributed by atoms with Crippen molar-refractivity contribution in [2.45, 2.75) is 57.7 Å². The summed E-state index contributed by atoms with van der Waals surface area (Å²) in [7, 11) is 1.61. The van der Waals surface area contributed by atoms with Gasteiger partial charge in [-0.1, -0.05) is 18.2 Å². The van der Waals surface area contributed by atoms with E-state index in [-0.39, 0.29) is 24.0 Å². The standard InChI is InChI=1S/C24H30N6O3/c1-14(2)28-22-19-6-4-5-18(15-11-26-27-12-15)21(19)25-13-20(22)23(31)29-16-7-9-17(10-8-16)30(3)24(32)33/h4-6,11-14,16-17H,7-10H2,1-3H3,(H,25,28)(H,26,27)(H,29,31)(H,32,33). The number of fused-ring (bicyclic) bond motifs is 1. The van der Waals surface area contributed by atoms with Crippen molar-refractivity contribution >= 4 is 28.6 Å². The zero-order chi connectivity index (χ0) is 23.5. The Balaban J connectivity index is 1.59. The zero-order valence-corrected chi connectivity index (χ0v) is 19.1. The van der Waals surface area contributed by atoms with E-state index in [9.17, 15) is 14.7 Å². The predicted molar refractivity (Wildman–Crippen MR) is 127 cm³/mol. The van der Waals surface area contributed by atoms with Crippen LogP contribution in [0.3, 0.4) is 0 Å². The molecule has 0 saturated heterocycles. The largest absolute Gasteiger partial charge is 0.465 e. The van der Waals surface area contributed by atoms with Crippen LogP contribution in [0.25, 0.3) is 22.0 Å². The van der Waals surface area contributed by atoms with Crippen LogP contribution in [-0.2, 0) is 0 Å². The molecule has 1 fully saturated rings. The minimum absolute atomic E-state index is 0.00232. The van der Waals surface area contributed by atoms with E-state index in [2.05, 4.69) is 25.8 Å². The van der Waals surface area contributed by atoms with Crippen LogP contribution in [-0.4, -0.2) is 62.4 Å². The molecule has 0 atom stereocenters. The lowest BCUT2D eigenvalue weighted by Crippen LogP contribution is -2.44. The van der Waals surface area contributed by atoms with Gasteiger partial charge in [-0.15, -0.1) is 0 Å². The smallest absolute Gasteiger partial charge is 0.407 e. The number of hydrogen-bond donors (Lipinski definition) is 4. The number of amides is 2. The van der Waals surface area contributed by atoms with E-state index in [1.54, 1.807) is 19.4 Å². The van der Waals surface area contributed by atoms with Gasteiger partial charge in [0.15, 0.2) is 0 Å². The van der Waals surface area contributed by atoms with Gasteiger partial charge in [-0.3, -0.25) is 14.9 Å². The molecule has 4 rings (SSSR count). The molecule has 2 heterocycles. The number of benzene rings is 1. The molecular weight excluding hydrogens is 420 g/mol. The van der Waals surface area contributed by atoms with E-state index in [1.165, 1.54) is 4.90 Å². The quantitative estimate of drug-likeness (QED) is 0.448. The molecule has 1 saturated carbocycles. The molecular formula is C24H30N6O3. The molecule has 0 radical (unpaired) electrons. The summed E-state index contributed by atoms with van der Waals surface area (Å²) in [6, 6.07) is 6.06. The predicted octanol–water partition coefficient (Wildman–Crippen LogP) is 4.10. The summed E-state index contributed by atoms with van der Waals surface area (Å²) in [6.07, 6.45) is 7.25. The Morgan fingerprint density at radius 2 is 1.94 bits per heavy atom. The molecule has 0 unspecified atom stereocenters. The lowest BCUT2D eigenvalue weighted by Gasteiger charge is -2.33. The van der Waals surface area contributed by atoms with Crippen LogP contribution in [0, 0.1) is 0 Å². The van der Waals surface area contributed by atoms with Crippen molar-refractivity contribution in [1.29, 1.82) is 0 Å². The monoisotopic (exact) mass is 450 g/mol. The van der Waals surface area contributed by atoms with E-state index >= 15 is 0 Å². The van der Waals surface area contributed by atoms with Gasteiger partial charge < -0.3 is 20.6 Å². The van der Waals surface area contributed by atoms with Crippen molar-refractivity contribution in [3.8, 4) is 11.1 Å². The molecule has 1 aromatic carbocycles. The van der Waals surface area contributed by atoms with Gasteiger partial charge >= 0.3 is 6.09 Å². The number of rotatable bonds is 6. The average molecular weight is 451 g/mol. The number of carbonyl (C=O) groups is 2. The van der Waals surface area contributed by atoms with Crippen molar-refractivity contribution < 1.29 is 14.7 Å². The van der Waals surface area contributed by atoms with Crippen LogP contribution in [0.4, 0.5) is 10.5 Å². The third kappa shape index (κ3) is 4.76. The first kappa shape index (κ1) is 22.6. The molecule has 0 spiro atoms. The maximum Gasteiger partial charge on any atom is 0.407 e. The minimum Gasteiger partial charge on any atom is -0.465 e. The number of nitrogens with one attached hydrogen (secondary N) is 3. The molecule has 33 heavy (non-hydrogen) atoms. The van der Waals surface area contributed by atoms with E-state index < -0.39 is 6.09 Å². The first-order valence-corrected chi connectivity index (χ1v) is 11.3. The number of nitrogens with zero attached hydrogens (tertiary/aromatic N) is 3. The van der Waals surface area contributed by atoms with Crippen LogP contribution >= 0.6 is 0 Å². The molecule has 0 bridgehead atoms. The lowest BCUT2D eigenvalue weighted by atomic mass is 9.90.